The van der Waals surface area contributed by atoms with Crippen LogP contribution in [-0.2, 0) is 10.3 Å². The van der Waals surface area contributed by atoms with E-state index >= 15 is 0 Å². The molecule has 5 nitrogen and oxygen atoms in total. The predicted molar refractivity (Wildman–Crippen MR) is 91.8 cm³/mol. The third-order valence-corrected chi connectivity index (χ3v) is 5.48. The third-order valence-electron chi connectivity index (χ3n) is 4.11. The van der Waals surface area contributed by atoms with Gasteiger partial charge in [-0.05, 0) is 37.3 Å². The molecule has 6 heteroatoms. The van der Waals surface area contributed by atoms with Gasteiger partial charge in [-0.25, -0.2) is 4.79 Å². The summed E-state index contributed by atoms with van der Waals surface area (Å²) in [5, 5.41) is 17.5. The Hall–Kier alpha value is -1.63. The van der Waals surface area contributed by atoms with E-state index in [1.165, 1.54) is 0 Å². The molecule has 1 aliphatic heterocycles. The van der Waals surface area contributed by atoms with E-state index in [-0.39, 0.29) is 18.6 Å². The van der Waals surface area contributed by atoms with Crippen molar-refractivity contribution in [1.29, 1.82) is 0 Å². The van der Waals surface area contributed by atoms with Gasteiger partial charge >= 0.3 is 6.03 Å². The fourth-order valence-electron chi connectivity index (χ4n) is 2.67. The second-order valence-electron chi connectivity index (χ2n) is 6.14. The standard InChI is InChI=1S/C17H22N2O3S/c1-17(21,15-10-12-4-2-3-5-14(12)23-15)11-18-16(20)19-13-6-8-22-9-7-13/h2-5,10,13,21H,6-9,11H2,1H3,(H2,18,19,20). The Morgan fingerprint density at radius 3 is 2.87 bits per heavy atom. The number of urea groups is 1. The first-order valence-electron chi connectivity index (χ1n) is 7.88. The van der Waals surface area contributed by atoms with Gasteiger partial charge in [0.1, 0.15) is 5.60 Å². The molecular formula is C17H22N2O3S. The lowest BCUT2D eigenvalue weighted by Gasteiger charge is -2.25. The molecule has 1 atom stereocenters. The molecule has 0 aliphatic carbocycles. The molecule has 124 valence electrons. The van der Waals surface area contributed by atoms with Gasteiger partial charge in [-0.3, -0.25) is 0 Å². The van der Waals surface area contributed by atoms with Crippen LogP contribution in [0, 0.1) is 0 Å². The molecule has 23 heavy (non-hydrogen) atoms. The van der Waals surface area contributed by atoms with Crippen LogP contribution in [0.1, 0.15) is 24.6 Å². The first-order chi connectivity index (χ1) is 11.0. The molecule has 2 aromatic rings. The molecule has 1 aromatic heterocycles. The first-order valence-corrected chi connectivity index (χ1v) is 8.70. The van der Waals surface area contributed by atoms with Gasteiger partial charge in [0, 0.05) is 28.8 Å². The fourth-order valence-corrected chi connectivity index (χ4v) is 3.77. The Morgan fingerprint density at radius 2 is 2.13 bits per heavy atom. The number of amides is 2. The van der Waals surface area contributed by atoms with Gasteiger partial charge in [0.05, 0.1) is 6.54 Å². The summed E-state index contributed by atoms with van der Waals surface area (Å²) < 4.78 is 6.41. The molecule has 1 aromatic carbocycles. The highest BCUT2D eigenvalue weighted by Crippen LogP contribution is 2.32. The molecule has 1 saturated heterocycles. The van der Waals surface area contributed by atoms with E-state index in [1.54, 1.807) is 18.3 Å². The summed E-state index contributed by atoms with van der Waals surface area (Å²) in [5.74, 6) is 0. The Bertz CT molecular complexity index is 644. The molecule has 3 rings (SSSR count). The Morgan fingerprint density at radius 1 is 1.39 bits per heavy atom. The van der Waals surface area contributed by atoms with Crippen LogP contribution in [-0.4, -0.2) is 36.9 Å². The summed E-state index contributed by atoms with van der Waals surface area (Å²) in [6.07, 6.45) is 1.67. The Balaban J connectivity index is 1.58. The molecule has 3 N–H and O–H groups in total. The average Bonchev–Trinajstić information content (AvgIpc) is 2.99. The van der Waals surface area contributed by atoms with Crippen LogP contribution in [0.15, 0.2) is 30.3 Å². The fraction of sp³-hybridized carbons (Fsp3) is 0.471. The molecule has 0 radical (unpaired) electrons. The summed E-state index contributed by atoms with van der Waals surface area (Å²) in [4.78, 5) is 12.8. The van der Waals surface area contributed by atoms with Crippen molar-refractivity contribution in [3.8, 4) is 0 Å². The molecule has 0 bridgehead atoms. The number of fused-ring (bicyclic) bond motifs is 1. The number of ether oxygens (including phenoxy) is 1. The lowest BCUT2D eigenvalue weighted by Crippen LogP contribution is -2.48. The SMILES string of the molecule is CC(O)(CNC(=O)NC1CCOCC1)c1cc2ccccc2s1. The number of hydrogen-bond acceptors (Lipinski definition) is 4. The highest BCUT2D eigenvalue weighted by atomic mass is 32.1. The van der Waals surface area contributed by atoms with Gasteiger partial charge in [-0.2, -0.15) is 0 Å². The predicted octanol–water partition coefficient (Wildman–Crippen LogP) is 2.59. The normalized spacial score (nSPS) is 18.5. The van der Waals surface area contributed by atoms with E-state index in [4.69, 9.17) is 4.74 Å². The molecule has 2 amide bonds. The van der Waals surface area contributed by atoms with Gasteiger partial charge in [0.25, 0.3) is 0 Å². The number of hydrogen-bond donors (Lipinski definition) is 3. The summed E-state index contributed by atoms with van der Waals surface area (Å²) >= 11 is 1.55. The van der Waals surface area contributed by atoms with Gasteiger partial charge in [-0.15, -0.1) is 11.3 Å². The van der Waals surface area contributed by atoms with Gasteiger partial charge in [0.15, 0.2) is 0 Å². The molecule has 2 heterocycles. The van der Waals surface area contributed by atoms with Crippen molar-refractivity contribution in [3.63, 3.8) is 0 Å². The number of carbonyl (C=O) groups excluding carboxylic acids is 1. The molecule has 1 unspecified atom stereocenters. The summed E-state index contributed by atoms with van der Waals surface area (Å²) in [6.45, 7) is 3.27. The number of rotatable bonds is 4. The van der Waals surface area contributed by atoms with Crippen LogP contribution < -0.4 is 10.6 Å². The number of carbonyl (C=O) groups is 1. The monoisotopic (exact) mass is 334 g/mol. The largest absolute Gasteiger partial charge is 0.383 e. The summed E-state index contributed by atoms with van der Waals surface area (Å²) in [5.41, 5.74) is -1.09. The van der Waals surface area contributed by atoms with Crippen LogP contribution in [0.2, 0.25) is 0 Å². The topological polar surface area (TPSA) is 70.6 Å². The summed E-state index contributed by atoms with van der Waals surface area (Å²) in [7, 11) is 0. The highest BCUT2D eigenvalue weighted by molar-refractivity contribution is 7.19. The second kappa shape index (κ2) is 6.86. The zero-order valence-electron chi connectivity index (χ0n) is 13.2. The maximum Gasteiger partial charge on any atom is 0.315 e. The van der Waals surface area contributed by atoms with E-state index in [0.717, 1.165) is 27.8 Å². The molecular weight excluding hydrogens is 312 g/mol. The smallest absolute Gasteiger partial charge is 0.315 e. The Kier molecular flexibility index (Phi) is 4.84. The van der Waals surface area contributed by atoms with E-state index in [2.05, 4.69) is 10.6 Å². The quantitative estimate of drug-likeness (QED) is 0.805. The van der Waals surface area contributed by atoms with E-state index in [1.807, 2.05) is 30.3 Å². The lowest BCUT2D eigenvalue weighted by molar-refractivity contribution is 0.0614. The van der Waals surface area contributed by atoms with Crippen LogP contribution in [0.5, 0.6) is 0 Å². The zero-order chi connectivity index (χ0) is 16.3. The van der Waals surface area contributed by atoms with Crippen molar-refractivity contribution in [2.24, 2.45) is 0 Å². The number of aliphatic hydroxyl groups is 1. The van der Waals surface area contributed by atoms with Gasteiger partial charge in [0.2, 0.25) is 0 Å². The number of benzene rings is 1. The third kappa shape index (κ3) is 4.02. The molecule has 1 fully saturated rings. The van der Waals surface area contributed by atoms with Crippen molar-refractivity contribution >= 4 is 27.5 Å². The van der Waals surface area contributed by atoms with Crippen LogP contribution in [0.25, 0.3) is 10.1 Å². The van der Waals surface area contributed by atoms with Crippen LogP contribution >= 0.6 is 11.3 Å². The van der Waals surface area contributed by atoms with Crippen molar-refractivity contribution in [1.82, 2.24) is 10.6 Å². The van der Waals surface area contributed by atoms with E-state index in [0.29, 0.717) is 13.2 Å². The van der Waals surface area contributed by atoms with Crippen LogP contribution in [0.4, 0.5) is 4.79 Å². The second-order valence-corrected chi connectivity index (χ2v) is 7.22. The minimum absolute atomic E-state index is 0.151. The van der Waals surface area contributed by atoms with Crippen molar-refractivity contribution in [2.75, 3.05) is 19.8 Å². The van der Waals surface area contributed by atoms with Gasteiger partial charge < -0.3 is 20.5 Å². The van der Waals surface area contributed by atoms with E-state index in [9.17, 15) is 9.90 Å². The van der Waals surface area contributed by atoms with Crippen molar-refractivity contribution in [3.05, 3.63) is 35.2 Å². The minimum atomic E-state index is -1.09. The highest BCUT2D eigenvalue weighted by Gasteiger charge is 2.26. The van der Waals surface area contributed by atoms with Crippen molar-refractivity contribution in [2.45, 2.75) is 31.4 Å². The van der Waals surface area contributed by atoms with E-state index < -0.39 is 5.60 Å². The first kappa shape index (κ1) is 16.2. The maximum atomic E-state index is 12.0. The number of thiophene rings is 1. The zero-order valence-corrected chi connectivity index (χ0v) is 14.0. The molecule has 1 aliphatic rings. The van der Waals surface area contributed by atoms with Crippen LogP contribution in [0.3, 0.4) is 0 Å². The minimum Gasteiger partial charge on any atom is -0.383 e. The molecule has 0 spiro atoms. The van der Waals surface area contributed by atoms with Gasteiger partial charge in [-0.1, -0.05) is 18.2 Å². The maximum absolute atomic E-state index is 12.0. The summed E-state index contributed by atoms with van der Waals surface area (Å²) in [6, 6.07) is 9.92. The van der Waals surface area contributed by atoms with Crippen molar-refractivity contribution < 1.29 is 14.6 Å². The average molecular weight is 334 g/mol. The Labute approximate surface area is 139 Å². The lowest BCUT2D eigenvalue weighted by atomic mass is 10.0. The number of nitrogens with one attached hydrogen (secondary N) is 2. The molecule has 0 saturated carbocycles.